The highest BCUT2D eigenvalue weighted by Crippen LogP contribution is 2.09. The van der Waals surface area contributed by atoms with E-state index >= 15 is 0 Å². The van der Waals surface area contributed by atoms with E-state index in [-0.39, 0.29) is 18.1 Å². The summed E-state index contributed by atoms with van der Waals surface area (Å²) >= 11 is 0. The second-order valence-corrected chi connectivity index (χ2v) is 5.83. The van der Waals surface area contributed by atoms with Gasteiger partial charge in [-0.05, 0) is 36.1 Å². The van der Waals surface area contributed by atoms with Crippen molar-refractivity contribution in [3.8, 4) is 5.69 Å². The van der Waals surface area contributed by atoms with Crippen molar-refractivity contribution in [3.05, 3.63) is 48.3 Å². The number of aromatic nitrogens is 2. The molecule has 0 radical (unpaired) electrons. The molecule has 1 atom stereocenters. The molecule has 2 amide bonds. The summed E-state index contributed by atoms with van der Waals surface area (Å²) in [5.74, 6) is 0.199. The minimum Gasteiger partial charge on any atom is -0.393 e. The molecule has 6 heteroatoms. The Morgan fingerprint density at radius 2 is 2.13 bits per heavy atom. The van der Waals surface area contributed by atoms with E-state index in [9.17, 15) is 9.90 Å². The molecule has 3 N–H and O–H groups in total. The van der Waals surface area contributed by atoms with Gasteiger partial charge in [0.15, 0.2) is 0 Å². The van der Waals surface area contributed by atoms with E-state index in [4.69, 9.17) is 0 Å². The summed E-state index contributed by atoms with van der Waals surface area (Å²) in [5.41, 5.74) is 1.95. The van der Waals surface area contributed by atoms with Gasteiger partial charge in [0.05, 0.1) is 11.8 Å². The lowest BCUT2D eigenvalue weighted by Crippen LogP contribution is -2.37. The maximum absolute atomic E-state index is 11.8. The molecule has 1 heterocycles. The number of benzene rings is 1. The zero-order valence-corrected chi connectivity index (χ0v) is 13.6. The fraction of sp³-hybridized carbons (Fsp3) is 0.412. The molecule has 0 saturated heterocycles. The van der Waals surface area contributed by atoms with Gasteiger partial charge in [0.2, 0.25) is 0 Å². The molecule has 0 bridgehead atoms. The average molecular weight is 316 g/mol. The van der Waals surface area contributed by atoms with Gasteiger partial charge in [0.1, 0.15) is 0 Å². The number of amides is 2. The van der Waals surface area contributed by atoms with Gasteiger partial charge in [-0.2, -0.15) is 5.10 Å². The van der Waals surface area contributed by atoms with Crippen molar-refractivity contribution in [1.29, 1.82) is 0 Å². The molecular weight excluding hydrogens is 292 g/mol. The highest BCUT2D eigenvalue weighted by atomic mass is 16.3. The quantitative estimate of drug-likeness (QED) is 0.732. The SMILES string of the molecule is CC(C)C(O)CCNC(=O)NCc1cccc(-n2cccn2)c1. The summed E-state index contributed by atoms with van der Waals surface area (Å²) < 4.78 is 1.77. The molecule has 2 rings (SSSR count). The van der Waals surface area contributed by atoms with Gasteiger partial charge < -0.3 is 15.7 Å². The Labute approximate surface area is 136 Å². The van der Waals surface area contributed by atoms with Crippen LogP contribution in [0.4, 0.5) is 4.79 Å². The first-order valence-corrected chi connectivity index (χ1v) is 7.85. The van der Waals surface area contributed by atoms with Crippen LogP contribution in [0.5, 0.6) is 0 Å². The van der Waals surface area contributed by atoms with E-state index in [2.05, 4.69) is 15.7 Å². The normalized spacial score (nSPS) is 12.2. The Morgan fingerprint density at radius 1 is 1.30 bits per heavy atom. The van der Waals surface area contributed by atoms with Gasteiger partial charge in [-0.15, -0.1) is 0 Å². The van der Waals surface area contributed by atoms with E-state index in [1.165, 1.54) is 0 Å². The molecule has 1 aromatic heterocycles. The van der Waals surface area contributed by atoms with Crippen LogP contribution < -0.4 is 10.6 Å². The van der Waals surface area contributed by atoms with Gasteiger partial charge >= 0.3 is 6.03 Å². The van der Waals surface area contributed by atoms with Crippen LogP contribution in [0, 0.1) is 5.92 Å². The first-order chi connectivity index (χ1) is 11.1. The number of aliphatic hydroxyl groups is 1. The molecule has 1 aromatic carbocycles. The number of nitrogens with one attached hydrogen (secondary N) is 2. The van der Waals surface area contributed by atoms with Crippen molar-refractivity contribution in [2.24, 2.45) is 5.92 Å². The average Bonchev–Trinajstić information content (AvgIpc) is 3.07. The molecule has 23 heavy (non-hydrogen) atoms. The van der Waals surface area contributed by atoms with Crippen molar-refractivity contribution >= 4 is 6.03 Å². The molecular formula is C17H24N4O2. The number of aliphatic hydroxyl groups excluding tert-OH is 1. The third-order valence-corrected chi connectivity index (χ3v) is 3.63. The maximum atomic E-state index is 11.8. The maximum Gasteiger partial charge on any atom is 0.315 e. The fourth-order valence-corrected chi connectivity index (χ4v) is 2.14. The van der Waals surface area contributed by atoms with E-state index < -0.39 is 0 Å². The number of carbonyl (C=O) groups excluding carboxylic acids is 1. The van der Waals surface area contributed by atoms with Crippen LogP contribution in [0.15, 0.2) is 42.7 Å². The highest BCUT2D eigenvalue weighted by Gasteiger charge is 2.09. The summed E-state index contributed by atoms with van der Waals surface area (Å²) in [6.45, 7) is 4.81. The smallest absolute Gasteiger partial charge is 0.315 e. The van der Waals surface area contributed by atoms with Crippen LogP contribution in [0.3, 0.4) is 0 Å². The lowest BCUT2D eigenvalue weighted by molar-refractivity contribution is 0.116. The Bertz CT molecular complexity index is 611. The minimum atomic E-state index is -0.388. The molecule has 6 nitrogen and oxygen atoms in total. The number of hydrogen-bond acceptors (Lipinski definition) is 3. The van der Waals surface area contributed by atoms with Gasteiger partial charge in [-0.1, -0.05) is 26.0 Å². The van der Waals surface area contributed by atoms with Crippen LogP contribution in [0.25, 0.3) is 5.69 Å². The first-order valence-electron chi connectivity index (χ1n) is 7.85. The van der Waals surface area contributed by atoms with Crippen LogP contribution in [-0.4, -0.2) is 33.6 Å². The van der Waals surface area contributed by atoms with Gasteiger partial charge in [0, 0.05) is 25.5 Å². The Hall–Kier alpha value is -2.34. The predicted molar refractivity (Wildman–Crippen MR) is 89.3 cm³/mol. The molecule has 1 unspecified atom stereocenters. The van der Waals surface area contributed by atoms with Crippen LogP contribution in [-0.2, 0) is 6.54 Å². The Kier molecular flexibility index (Phi) is 6.17. The second-order valence-electron chi connectivity index (χ2n) is 5.83. The third-order valence-electron chi connectivity index (χ3n) is 3.63. The molecule has 0 aliphatic heterocycles. The van der Waals surface area contributed by atoms with E-state index in [1.54, 1.807) is 10.9 Å². The summed E-state index contributed by atoms with van der Waals surface area (Å²) in [6.07, 6.45) is 3.77. The summed E-state index contributed by atoms with van der Waals surface area (Å²) in [5, 5.41) is 19.4. The number of hydrogen-bond donors (Lipinski definition) is 3. The molecule has 2 aromatic rings. The minimum absolute atomic E-state index is 0.199. The number of rotatable bonds is 7. The van der Waals surface area contributed by atoms with Crippen molar-refractivity contribution < 1.29 is 9.90 Å². The second kappa shape index (κ2) is 8.33. The zero-order chi connectivity index (χ0) is 16.7. The predicted octanol–water partition coefficient (Wildman–Crippen LogP) is 2.08. The molecule has 0 aliphatic carbocycles. The molecule has 0 aliphatic rings. The van der Waals surface area contributed by atoms with Crippen molar-refractivity contribution in [3.63, 3.8) is 0 Å². The summed E-state index contributed by atoms with van der Waals surface area (Å²) in [6, 6.07) is 9.47. The number of nitrogens with zero attached hydrogens (tertiary/aromatic N) is 2. The highest BCUT2D eigenvalue weighted by molar-refractivity contribution is 5.73. The van der Waals surface area contributed by atoms with Gasteiger partial charge in [0.25, 0.3) is 0 Å². The summed E-state index contributed by atoms with van der Waals surface area (Å²) in [4.78, 5) is 11.8. The van der Waals surface area contributed by atoms with Crippen LogP contribution in [0.2, 0.25) is 0 Å². The lowest BCUT2D eigenvalue weighted by atomic mass is 10.0. The number of carbonyl (C=O) groups is 1. The third kappa shape index (κ3) is 5.41. The zero-order valence-electron chi connectivity index (χ0n) is 13.6. The number of urea groups is 1. The first kappa shape index (κ1) is 17.0. The topological polar surface area (TPSA) is 79.2 Å². The van der Waals surface area contributed by atoms with Crippen molar-refractivity contribution in [1.82, 2.24) is 20.4 Å². The van der Waals surface area contributed by atoms with Crippen LogP contribution in [0.1, 0.15) is 25.8 Å². The molecule has 0 saturated carbocycles. The van der Waals surface area contributed by atoms with E-state index in [0.29, 0.717) is 19.5 Å². The summed E-state index contributed by atoms with van der Waals surface area (Å²) in [7, 11) is 0. The largest absolute Gasteiger partial charge is 0.393 e. The van der Waals surface area contributed by atoms with Crippen molar-refractivity contribution in [2.45, 2.75) is 32.9 Å². The van der Waals surface area contributed by atoms with Crippen molar-refractivity contribution in [2.75, 3.05) is 6.54 Å². The van der Waals surface area contributed by atoms with Gasteiger partial charge in [-0.3, -0.25) is 0 Å². The lowest BCUT2D eigenvalue weighted by Gasteiger charge is -2.14. The monoisotopic (exact) mass is 316 g/mol. The molecule has 0 spiro atoms. The van der Waals surface area contributed by atoms with E-state index in [1.807, 2.05) is 50.4 Å². The Morgan fingerprint density at radius 3 is 2.83 bits per heavy atom. The van der Waals surface area contributed by atoms with Crippen LogP contribution >= 0.6 is 0 Å². The fourth-order valence-electron chi connectivity index (χ4n) is 2.14. The van der Waals surface area contributed by atoms with E-state index in [0.717, 1.165) is 11.3 Å². The molecule has 124 valence electrons. The Balaban J connectivity index is 1.77. The standard InChI is InChI=1S/C17H24N4O2/c1-13(2)16(22)7-9-18-17(23)19-12-14-5-3-6-15(11-14)21-10-4-8-20-21/h3-6,8,10-11,13,16,22H,7,9,12H2,1-2H3,(H2,18,19,23). The molecule has 0 fully saturated rings. The van der Waals surface area contributed by atoms with Gasteiger partial charge in [-0.25, -0.2) is 9.48 Å².